The normalized spacial score (nSPS) is 9.95. The minimum atomic E-state index is -0.253. The van der Waals surface area contributed by atoms with Crippen molar-refractivity contribution in [2.75, 3.05) is 17.2 Å². The van der Waals surface area contributed by atoms with Crippen LogP contribution in [0.15, 0.2) is 43.1 Å². The molecule has 0 radical (unpaired) electrons. The highest BCUT2D eigenvalue weighted by Crippen LogP contribution is 2.07. The van der Waals surface area contributed by atoms with E-state index in [0.717, 1.165) is 5.56 Å². The zero-order valence-electron chi connectivity index (χ0n) is 10.3. The molecular weight excluding hydrogens is 245 g/mol. The fraction of sp³-hybridized carbons (Fsp3) is 0.154. The number of aromatic nitrogens is 3. The van der Waals surface area contributed by atoms with Crippen molar-refractivity contribution >= 4 is 11.8 Å². The van der Waals surface area contributed by atoms with Crippen molar-refractivity contribution in [3.05, 3.63) is 54.5 Å². The maximum Gasteiger partial charge on any atom is 0.244 e. The molecule has 0 spiro atoms. The van der Waals surface area contributed by atoms with Crippen molar-refractivity contribution in [3.8, 4) is 0 Å². The summed E-state index contributed by atoms with van der Waals surface area (Å²) >= 11 is 0. The Kier molecular flexibility index (Phi) is 4.39. The molecule has 6 heteroatoms. The highest BCUT2D eigenvalue weighted by Gasteiger charge is 2.00. The molecule has 2 aromatic rings. The van der Waals surface area contributed by atoms with Crippen molar-refractivity contribution in [2.24, 2.45) is 0 Å². The standard InChI is InChI=1S/C13H14FN5/c1-2-7-15-12-9-17-19-13(18-12)16-8-10-3-5-11(14)6-4-10/h2-6,9H,1,7-8H2,(H2,15,16,18,19). The van der Waals surface area contributed by atoms with Crippen molar-refractivity contribution in [1.29, 1.82) is 0 Å². The molecule has 0 aliphatic rings. The molecule has 0 amide bonds. The van der Waals surface area contributed by atoms with E-state index >= 15 is 0 Å². The van der Waals surface area contributed by atoms with Gasteiger partial charge in [0.15, 0.2) is 5.82 Å². The van der Waals surface area contributed by atoms with Crippen LogP contribution in [0.2, 0.25) is 0 Å². The second-order valence-electron chi connectivity index (χ2n) is 3.81. The first-order chi connectivity index (χ1) is 9.28. The smallest absolute Gasteiger partial charge is 0.244 e. The van der Waals surface area contributed by atoms with E-state index in [0.29, 0.717) is 24.9 Å². The molecule has 0 saturated carbocycles. The molecule has 0 saturated heterocycles. The van der Waals surface area contributed by atoms with Crippen molar-refractivity contribution in [2.45, 2.75) is 6.54 Å². The van der Waals surface area contributed by atoms with Crippen molar-refractivity contribution in [1.82, 2.24) is 15.2 Å². The van der Waals surface area contributed by atoms with Crippen molar-refractivity contribution < 1.29 is 4.39 Å². The van der Waals surface area contributed by atoms with Gasteiger partial charge in [-0.15, -0.1) is 11.7 Å². The number of hydrogen-bond donors (Lipinski definition) is 2. The lowest BCUT2D eigenvalue weighted by Crippen LogP contribution is -2.08. The van der Waals surface area contributed by atoms with Crippen molar-refractivity contribution in [3.63, 3.8) is 0 Å². The first-order valence-electron chi connectivity index (χ1n) is 5.81. The van der Waals surface area contributed by atoms with Crippen LogP contribution in [0, 0.1) is 5.82 Å². The summed E-state index contributed by atoms with van der Waals surface area (Å²) in [6, 6.07) is 6.24. The molecular formula is C13H14FN5. The minimum absolute atomic E-state index is 0.253. The largest absolute Gasteiger partial charge is 0.365 e. The summed E-state index contributed by atoms with van der Waals surface area (Å²) in [5, 5.41) is 13.7. The molecule has 2 rings (SSSR count). The molecule has 0 fully saturated rings. The highest BCUT2D eigenvalue weighted by molar-refractivity contribution is 5.37. The molecule has 0 aliphatic carbocycles. The first-order valence-corrected chi connectivity index (χ1v) is 5.81. The SMILES string of the molecule is C=CCNc1cnnc(NCc2ccc(F)cc2)n1. The van der Waals surface area contributed by atoms with Gasteiger partial charge in [-0.1, -0.05) is 18.2 Å². The Morgan fingerprint density at radius 1 is 1.21 bits per heavy atom. The lowest BCUT2D eigenvalue weighted by atomic mass is 10.2. The van der Waals surface area contributed by atoms with E-state index in [1.807, 2.05) is 0 Å². The fourth-order valence-corrected chi connectivity index (χ4v) is 1.42. The molecule has 0 unspecified atom stereocenters. The van der Waals surface area contributed by atoms with Crippen LogP contribution >= 0.6 is 0 Å². The van der Waals surface area contributed by atoms with Crippen LogP contribution in [0.5, 0.6) is 0 Å². The summed E-state index contributed by atoms with van der Waals surface area (Å²) in [6.07, 6.45) is 3.26. The van der Waals surface area contributed by atoms with Gasteiger partial charge in [0.25, 0.3) is 0 Å². The average Bonchev–Trinajstić information content (AvgIpc) is 2.45. The number of benzene rings is 1. The van der Waals surface area contributed by atoms with E-state index in [9.17, 15) is 4.39 Å². The predicted octanol–water partition coefficient (Wildman–Crippen LogP) is 2.22. The molecule has 0 aliphatic heterocycles. The Labute approximate surface area is 110 Å². The maximum atomic E-state index is 12.7. The monoisotopic (exact) mass is 259 g/mol. The first kappa shape index (κ1) is 12.9. The zero-order chi connectivity index (χ0) is 13.5. The van der Waals surface area contributed by atoms with E-state index in [4.69, 9.17) is 0 Å². The second-order valence-corrected chi connectivity index (χ2v) is 3.81. The summed E-state index contributed by atoms with van der Waals surface area (Å²) in [6.45, 7) is 4.72. The van der Waals surface area contributed by atoms with Gasteiger partial charge in [-0.05, 0) is 17.7 Å². The summed E-state index contributed by atoms with van der Waals surface area (Å²) in [7, 11) is 0. The Morgan fingerprint density at radius 3 is 2.74 bits per heavy atom. The molecule has 2 N–H and O–H groups in total. The summed E-state index contributed by atoms with van der Waals surface area (Å²) < 4.78 is 12.7. The summed E-state index contributed by atoms with van der Waals surface area (Å²) in [4.78, 5) is 4.23. The van der Waals surface area contributed by atoms with Crippen LogP contribution in [-0.2, 0) is 6.54 Å². The van der Waals surface area contributed by atoms with E-state index < -0.39 is 0 Å². The fourth-order valence-electron chi connectivity index (χ4n) is 1.42. The maximum absolute atomic E-state index is 12.7. The van der Waals surface area contributed by atoms with Gasteiger partial charge in [-0.2, -0.15) is 10.1 Å². The van der Waals surface area contributed by atoms with Gasteiger partial charge in [0.05, 0.1) is 6.20 Å². The molecule has 0 atom stereocenters. The predicted molar refractivity (Wildman–Crippen MR) is 72.2 cm³/mol. The summed E-state index contributed by atoms with van der Waals surface area (Å²) in [5.74, 6) is 0.784. The molecule has 0 bridgehead atoms. The number of rotatable bonds is 6. The minimum Gasteiger partial charge on any atom is -0.365 e. The zero-order valence-corrected chi connectivity index (χ0v) is 10.3. The number of hydrogen-bond acceptors (Lipinski definition) is 5. The van der Waals surface area contributed by atoms with Crippen LogP contribution in [0.4, 0.5) is 16.2 Å². The lowest BCUT2D eigenvalue weighted by Gasteiger charge is -2.06. The Bertz CT molecular complexity index is 541. The second kappa shape index (κ2) is 6.44. The van der Waals surface area contributed by atoms with E-state index in [1.54, 1.807) is 18.2 Å². The van der Waals surface area contributed by atoms with Crippen LogP contribution in [0.3, 0.4) is 0 Å². The van der Waals surface area contributed by atoms with Crippen LogP contribution in [0.25, 0.3) is 0 Å². The molecule has 1 aromatic carbocycles. The van der Waals surface area contributed by atoms with Gasteiger partial charge < -0.3 is 10.6 Å². The lowest BCUT2D eigenvalue weighted by molar-refractivity contribution is 0.627. The van der Waals surface area contributed by atoms with Gasteiger partial charge in [0.1, 0.15) is 5.82 Å². The van der Waals surface area contributed by atoms with Gasteiger partial charge in [-0.3, -0.25) is 0 Å². The third-order valence-corrected chi connectivity index (χ3v) is 2.35. The van der Waals surface area contributed by atoms with Gasteiger partial charge in [0, 0.05) is 13.1 Å². The summed E-state index contributed by atoms with van der Waals surface area (Å²) in [5.41, 5.74) is 0.939. The van der Waals surface area contributed by atoms with E-state index in [-0.39, 0.29) is 5.82 Å². The highest BCUT2D eigenvalue weighted by atomic mass is 19.1. The van der Waals surface area contributed by atoms with Gasteiger partial charge >= 0.3 is 0 Å². The van der Waals surface area contributed by atoms with Crippen LogP contribution in [-0.4, -0.2) is 21.7 Å². The third kappa shape index (κ3) is 4.02. The average molecular weight is 259 g/mol. The number of nitrogens with one attached hydrogen (secondary N) is 2. The van der Waals surface area contributed by atoms with E-state index in [2.05, 4.69) is 32.4 Å². The van der Waals surface area contributed by atoms with E-state index in [1.165, 1.54) is 18.3 Å². The molecule has 5 nitrogen and oxygen atoms in total. The number of halogens is 1. The van der Waals surface area contributed by atoms with Gasteiger partial charge in [-0.25, -0.2) is 4.39 Å². The van der Waals surface area contributed by atoms with Crippen LogP contribution in [0.1, 0.15) is 5.56 Å². The van der Waals surface area contributed by atoms with Gasteiger partial charge in [0.2, 0.25) is 5.95 Å². The molecule has 98 valence electrons. The quantitative estimate of drug-likeness (QED) is 0.779. The Hall–Kier alpha value is -2.50. The number of nitrogens with zero attached hydrogens (tertiary/aromatic N) is 3. The third-order valence-electron chi connectivity index (χ3n) is 2.35. The Morgan fingerprint density at radius 2 is 2.00 bits per heavy atom. The molecule has 19 heavy (non-hydrogen) atoms. The Balaban J connectivity index is 1.95. The van der Waals surface area contributed by atoms with Crippen LogP contribution < -0.4 is 10.6 Å². The molecule has 1 heterocycles. The number of anilines is 2. The molecule has 1 aromatic heterocycles. The topological polar surface area (TPSA) is 62.7 Å².